The Kier molecular flexibility index (Phi) is 5.06. The van der Waals surface area contributed by atoms with Gasteiger partial charge in [-0.05, 0) is 43.0 Å². The zero-order valence-electron chi connectivity index (χ0n) is 15.1. The van der Waals surface area contributed by atoms with Crippen LogP contribution in [-0.2, 0) is 16.0 Å². The van der Waals surface area contributed by atoms with E-state index in [1.165, 1.54) is 10.7 Å². The normalized spacial score (nSPS) is 15.1. The molecule has 1 atom stereocenters. The molecule has 0 unspecified atom stereocenters. The highest BCUT2D eigenvalue weighted by molar-refractivity contribution is 5.77. The van der Waals surface area contributed by atoms with Gasteiger partial charge in [0.15, 0.2) is 5.65 Å². The van der Waals surface area contributed by atoms with Crippen molar-refractivity contribution >= 4 is 17.0 Å². The monoisotopic (exact) mass is 385 g/mol. The lowest BCUT2D eigenvalue weighted by Crippen LogP contribution is -2.09. The minimum Gasteiger partial charge on any atom is -0.481 e. The number of aliphatic carboxylic acids is 1. The zero-order valence-corrected chi connectivity index (χ0v) is 15.1. The van der Waals surface area contributed by atoms with E-state index < -0.39 is 17.9 Å². The molecule has 8 heteroatoms. The van der Waals surface area contributed by atoms with Gasteiger partial charge < -0.3 is 14.9 Å². The summed E-state index contributed by atoms with van der Waals surface area (Å²) in [6, 6.07) is 6.36. The first-order valence-corrected chi connectivity index (χ1v) is 9.15. The number of carboxylic acid groups (broad SMARTS) is 1. The van der Waals surface area contributed by atoms with Gasteiger partial charge >= 0.3 is 5.97 Å². The van der Waals surface area contributed by atoms with Gasteiger partial charge in [0.2, 0.25) is 0 Å². The topological polar surface area (TPSA) is 97.5 Å². The fraction of sp³-hybridized carbons (Fsp3) is 0.350. The van der Waals surface area contributed by atoms with Crippen LogP contribution in [0.5, 0.6) is 0 Å². The number of ether oxygens (including phenoxy) is 1. The summed E-state index contributed by atoms with van der Waals surface area (Å²) in [6.07, 6.45) is 4.77. The third-order valence-electron chi connectivity index (χ3n) is 4.72. The predicted molar refractivity (Wildman–Crippen MR) is 98.7 cm³/mol. The molecule has 4 rings (SSSR count). The van der Waals surface area contributed by atoms with Crippen LogP contribution < -0.4 is 0 Å². The van der Waals surface area contributed by atoms with Gasteiger partial charge in [-0.3, -0.25) is 4.79 Å². The Bertz CT molecular complexity index is 1020. The van der Waals surface area contributed by atoms with E-state index in [1.54, 1.807) is 30.6 Å². The van der Waals surface area contributed by atoms with E-state index in [2.05, 4.69) is 10.1 Å². The molecule has 146 valence electrons. The van der Waals surface area contributed by atoms with E-state index in [9.17, 15) is 14.3 Å². The van der Waals surface area contributed by atoms with Crippen molar-refractivity contribution < 1.29 is 24.1 Å². The van der Waals surface area contributed by atoms with Gasteiger partial charge in [0.25, 0.3) is 0 Å². The molecule has 3 aromatic rings. The molecule has 0 spiro atoms. The molecule has 28 heavy (non-hydrogen) atoms. The number of nitrogens with zero attached hydrogens (tertiary/aromatic N) is 3. The highest BCUT2D eigenvalue weighted by Crippen LogP contribution is 2.26. The highest BCUT2D eigenvalue weighted by atomic mass is 19.1. The number of carbonyl (C=O) groups is 1. The lowest BCUT2D eigenvalue weighted by molar-refractivity contribution is -0.136. The second-order valence-corrected chi connectivity index (χ2v) is 6.96. The number of aryl methyl sites for hydroxylation is 1. The van der Waals surface area contributed by atoms with Crippen LogP contribution in [0.3, 0.4) is 0 Å². The molecular formula is C20H20FN3O4. The molecule has 2 heterocycles. The summed E-state index contributed by atoms with van der Waals surface area (Å²) in [5, 5.41) is 24.0. The van der Waals surface area contributed by atoms with Gasteiger partial charge in [0, 0.05) is 23.6 Å². The van der Waals surface area contributed by atoms with Crippen molar-refractivity contribution in [3.63, 3.8) is 0 Å². The van der Waals surface area contributed by atoms with Gasteiger partial charge in [-0.25, -0.2) is 14.1 Å². The van der Waals surface area contributed by atoms with Crippen LogP contribution in [0.1, 0.15) is 36.5 Å². The molecule has 1 aliphatic rings. The van der Waals surface area contributed by atoms with Crippen LogP contribution in [0.15, 0.2) is 36.7 Å². The standard InChI is InChI=1S/C20H20FN3O4/c21-17-8-15(3-1-12(17)2-6-19(26)27)24-20-14(10-23-24)7-13(9-22-20)18(25)11-28-16-4-5-16/h1,3,7-10,16,18,25H,2,4-6,11H2,(H,26,27)/t18-/m1/s1. The Morgan fingerprint density at radius 1 is 1.32 bits per heavy atom. The molecule has 7 nitrogen and oxygen atoms in total. The van der Waals surface area contributed by atoms with Crippen molar-refractivity contribution in [2.45, 2.75) is 37.9 Å². The maximum absolute atomic E-state index is 14.3. The average molecular weight is 385 g/mol. The van der Waals surface area contributed by atoms with Gasteiger partial charge in [-0.2, -0.15) is 5.10 Å². The van der Waals surface area contributed by atoms with Crippen molar-refractivity contribution in [2.24, 2.45) is 0 Å². The number of hydrogen-bond donors (Lipinski definition) is 2. The van der Waals surface area contributed by atoms with Crippen LogP contribution in [0.4, 0.5) is 4.39 Å². The number of aliphatic hydroxyl groups excluding tert-OH is 1. The third kappa shape index (κ3) is 4.02. The molecule has 0 amide bonds. The van der Waals surface area contributed by atoms with E-state index >= 15 is 0 Å². The van der Waals surface area contributed by atoms with Gasteiger partial charge in [0.1, 0.15) is 11.9 Å². The molecule has 0 radical (unpaired) electrons. The molecule has 1 saturated carbocycles. The number of carboxylic acids is 1. The first-order valence-electron chi connectivity index (χ1n) is 9.15. The molecule has 1 aromatic carbocycles. The van der Waals surface area contributed by atoms with Crippen LogP contribution >= 0.6 is 0 Å². The second-order valence-electron chi connectivity index (χ2n) is 6.96. The van der Waals surface area contributed by atoms with Crippen LogP contribution in [0.2, 0.25) is 0 Å². The number of pyridine rings is 1. The van der Waals surface area contributed by atoms with Crippen molar-refractivity contribution in [1.29, 1.82) is 0 Å². The number of hydrogen-bond acceptors (Lipinski definition) is 5. The van der Waals surface area contributed by atoms with E-state index in [1.807, 2.05) is 0 Å². The smallest absolute Gasteiger partial charge is 0.303 e. The Morgan fingerprint density at radius 2 is 2.14 bits per heavy atom. The van der Waals surface area contributed by atoms with Crippen molar-refractivity contribution in [3.05, 3.63) is 53.6 Å². The summed E-state index contributed by atoms with van der Waals surface area (Å²) >= 11 is 0. The fourth-order valence-electron chi connectivity index (χ4n) is 2.98. The number of fused-ring (bicyclic) bond motifs is 1. The quantitative estimate of drug-likeness (QED) is 0.619. The molecule has 2 aromatic heterocycles. The minimum absolute atomic E-state index is 0.127. The molecular weight excluding hydrogens is 365 g/mol. The molecule has 1 aliphatic carbocycles. The Morgan fingerprint density at radius 3 is 2.86 bits per heavy atom. The van der Waals surface area contributed by atoms with Gasteiger partial charge in [0.05, 0.1) is 24.6 Å². The first kappa shape index (κ1) is 18.5. The van der Waals surface area contributed by atoms with Crippen molar-refractivity contribution in [1.82, 2.24) is 14.8 Å². The van der Waals surface area contributed by atoms with E-state index in [-0.39, 0.29) is 25.6 Å². The van der Waals surface area contributed by atoms with Crippen LogP contribution in [0.25, 0.3) is 16.7 Å². The molecule has 0 saturated heterocycles. The maximum Gasteiger partial charge on any atom is 0.303 e. The molecule has 0 aliphatic heterocycles. The van der Waals surface area contributed by atoms with Crippen molar-refractivity contribution in [2.75, 3.05) is 6.61 Å². The Balaban J connectivity index is 1.55. The number of halogens is 1. The maximum atomic E-state index is 14.3. The number of aliphatic hydroxyl groups is 1. The molecule has 1 fully saturated rings. The van der Waals surface area contributed by atoms with E-state index in [0.717, 1.165) is 18.2 Å². The highest BCUT2D eigenvalue weighted by Gasteiger charge is 2.23. The summed E-state index contributed by atoms with van der Waals surface area (Å²) in [7, 11) is 0. The largest absolute Gasteiger partial charge is 0.481 e. The summed E-state index contributed by atoms with van der Waals surface area (Å²) < 4.78 is 21.4. The first-order chi connectivity index (χ1) is 13.5. The number of benzene rings is 1. The SMILES string of the molecule is O=C(O)CCc1ccc(-n2ncc3cc([C@H](O)COC4CC4)cnc32)cc1F. The van der Waals surface area contributed by atoms with E-state index in [0.29, 0.717) is 22.5 Å². The summed E-state index contributed by atoms with van der Waals surface area (Å²) in [5.74, 6) is -1.45. The fourth-order valence-corrected chi connectivity index (χ4v) is 2.98. The molecule has 0 bridgehead atoms. The Hall–Kier alpha value is -2.84. The summed E-state index contributed by atoms with van der Waals surface area (Å²) in [6.45, 7) is 0.231. The third-order valence-corrected chi connectivity index (χ3v) is 4.72. The van der Waals surface area contributed by atoms with Crippen LogP contribution in [-0.4, -0.2) is 43.7 Å². The van der Waals surface area contributed by atoms with Gasteiger partial charge in [-0.1, -0.05) is 6.07 Å². The van der Waals surface area contributed by atoms with Gasteiger partial charge in [-0.15, -0.1) is 0 Å². The minimum atomic E-state index is -0.966. The molecule has 2 N–H and O–H groups in total. The zero-order chi connectivity index (χ0) is 19.7. The lowest BCUT2D eigenvalue weighted by Gasteiger charge is -2.11. The predicted octanol–water partition coefficient (Wildman–Crippen LogP) is 2.79. The number of rotatable bonds is 8. The summed E-state index contributed by atoms with van der Waals surface area (Å²) in [4.78, 5) is 15.0. The average Bonchev–Trinajstić information content (AvgIpc) is 3.42. The number of aromatic nitrogens is 3. The second kappa shape index (κ2) is 7.65. The van der Waals surface area contributed by atoms with E-state index in [4.69, 9.17) is 9.84 Å². The van der Waals surface area contributed by atoms with Crippen LogP contribution in [0, 0.1) is 5.82 Å². The lowest BCUT2D eigenvalue weighted by atomic mass is 10.1. The Labute approximate surface area is 160 Å². The van der Waals surface area contributed by atoms with Crippen molar-refractivity contribution in [3.8, 4) is 5.69 Å². The summed E-state index contributed by atoms with van der Waals surface area (Å²) in [5.41, 5.74) is 2.01.